The van der Waals surface area contributed by atoms with Crippen molar-refractivity contribution in [2.45, 2.75) is 33.5 Å². The number of nitrogens with zero attached hydrogens (tertiary/aromatic N) is 2. The van der Waals surface area contributed by atoms with Gasteiger partial charge in [0.05, 0.1) is 19.9 Å². The van der Waals surface area contributed by atoms with Crippen molar-refractivity contribution in [1.29, 1.82) is 5.26 Å². The summed E-state index contributed by atoms with van der Waals surface area (Å²) in [6, 6.07) is 24.3. The molecular weight excluding hydrogens is 617 g/mol. The fourth-order valence-electron chi connectivity index (χ4n) is 3.60. The molecule has 0 amide bonds. The van der Waals surface area contributed by atoms with Gasteiger partial charge in [-0.2, -0.15) is 5.26 Å². The first kappa shape index (κ1) is 27.1. The van der Waals surface area contributed by atoms with Crippen molar-refractivity contribution >= 4 is 40.6 Å². The number of benzene rings is 3. The van der Waals surface area contributed by atoms with Crippen LogP contribution in [0.5, 0.6) is 0 Å². The Morgan fingerprint density at radius 2 is 1.76 bits per heavy atom. The van der Waals surface area contributed by atoms with Gasteiger partial charge in [0.25, 0.3) is 0 Å². The van der Waals surface area contributed by atoms with Crippen LogP contribution in [0.2, 0.25) is 19.6 Å². The Bertz CT molecular complexity index is 1410. The predicted molar refractivity (Wildman–Crippen MR) is 138 cm³/mol. The van der Waals surface area contributed by atoms with E-state index in [0.29, 0.717) is 5.56 Å². The molecule has 0 bridgehead atoms. The minimum Gasteiger partial charge on any atom is -0.512 e. The quantitative estimate of drug-likeness (QED) is 0.123. The van der Waals surface area contributed by atoms with Gasteiger partial charge < -0.3 is 5.11 Å². The van der Waals surface area contributed by atoms with E-state index in [1.165, 1.54) is 30.5 Å². The number of ketones is 1. The van der Waals surface area contributed by atoms with Gasteiger partial charge in [0.1, 0.15) is 0 Å². The zero-order chi connectivity index (χ0) is 24.2. The molecule has 0 atom stereocenters. The average Bonchev–Trinajstić information content (AvgIpc) is 2.76. The summed E-state index contributed by atoms with van der Waals surface area (Å²) in [6.07, 6.45) is 3.01. The Kier molecular flexibility index (Phi) is 9.06. The summed E-state index contributed by atoms with van der Waals surface area (Å²) in [7, 11) is -1.37. The van der Waals surface area contributed by atoms with Crippen LogP contribution >= 0.6 is 0 Å². The van der Waals surface area contributed by atoms with Crippen molar-refractivity contribution in [3.8, 4) is 17.3 Å². The van der Waals surface area contributed by atoms with E-state index in [4.69, 9.17) is 5.11 Å². The van der Waals surface area contributed by atoms with Crippen LogP contribution in [0.15, 0.2) is 72.6 Å². The van der Waals surface area contributed by atoms with Crippen molar-refractivity contribution < 1.29 is 30.0 Å². The van der Waals surface area contributed by atoms with Gasteiger partial charge in [-0.3, -0.25) is 9.78 Å². The van der Waals surface area contributed by atoms with Crippen LogP contribution in [0.3, 0.4) is 0 Å². The van der Waals surface area contributed by atoms with E-state index in [-0.39, 0.29) is 31.6 Å². The van der Waals surface area contributed by atoms with Gasteiger partial charge >= 0.3 is 0 Å². The number of rotatable bonds is 3. The average molecular weight is 644 g/mol. The van der Waals surface area contributed by atoms with E-state index in [1.54, 1.807) is 0 Å². The Morgan fingerprint density at radius 3 is 2.35 bits per heavy atom. The van der Waals surface area contributed by atoms with Crippen molar-refractivity contribution in [1.82, 2.24) is 4.98 Å². The third-order valence-electron chi connectivity index (χ3n) is 5.19. The number of carbonyl (C=O) groups is 1. The second-order valence-corrected chi connectivity index (χ2v) is 14.1. The molecule has 0 saturated heterocycles. The maximum Gasteiger partial charge on any atom is 0.155 e. The number of fused-ring (bicyclic) bond motifs is 2. The van der Waals surface area contributed by atoms with Crippen LogP contribution in [-0.2, 0) is 24.9 Å². The molecule has 0 spiro atoms. The van der Waals surface area contributed by atoms with Crippen molar-refractivity contribution in [2.75, 3.05) is 0 Å². The van der Waals surface area contributed by atoms with Crippen LogP contribution in [0.25, 0.3) is 32.8 Å². The van der Waals surface area contributed by atoms with Crippen LogP contribution in [0, 0.1) is 17.4 Å². The molecule has 1 aromatic heterocycles. The van der Waals surface area contributed by atoms with E-state index in [1.807, 2.05) is 36.5 Å². The summed E-state index contributed by atoms with van der Waals surface area (Å²) in [5.41, 5.74) is 2.41. The molecule has 0 aliphatic heterocycles. The second kappa shape index (κ2) is 11.4. The molecule has 0 aliphatic rings. The number of nitriles is 1. The topological polar surface area (TPSA) is 74.0 Å². The Hall–Kier alpha value is -3.10. The summed E-state index contributed by atoms with van der Waals surface area (Å²) < 4.78 is 0. The molecule has 0 unspecified atom stereocenters. The largest absolute Gasteiger partial charge is 0.512 e. The zero-order valence-corrected chi connectivity index (χ0v) is 23.3. The molecule has 1 heterocycles. The fourth-order valence-corrected chi connectivity index (χ4v) is 4.78. The number of aliphatic hydroxyl groups is 1. The van der Waals surface area contributed by atoms with E-state index in [0.717, 1.165) is 27.4 Å². The van der Waals surface area contributed by atoms with Crippen molar-refractivity contribution in [2.24, 2.45) is 0 Å². The number of hydrogen-bond donors (Lipinski definition) is 1. The Labute approximate surface area is 215 Å². The summed E-state index contributed by atoms with van der Waals surface area (Å²) >= 11 is 0. The number of aromatic nitrogens is 1. The molecule has 6 heteroatoms. The first-order valence-electron chi connectivity index (χ1n) is 10.7. The van der Waals surface area contributed by atoms with E-state index >= 15 is 0 Å². The summed E-state index contributed by atoms with van der Waals surface area (Å²) in [4.78, 5) is 14.6. The molecular formula is C28H27IrN2O2Si-. The van der Waals surface area contributed by atoms with Gasteiger partial charge in [0.15, 0.2) is 5.78 Å². The number of aliphatic hydroxyl groups excluding tert-OH is 1. The fraction of sp³-hybridized carbons (Fsp3) is 0.179. The molecule has 4 nitrogen and oxygen atoms in total. The maximum absolute atomic E-state index is 10.0. The first-order valence-corrected chi connectivity index (χ1v) is 14.2. The van der Waals surface area contributed by atoms with E-state index in [9.17, 15) is 10.1 Å². The van der Waals surface area contributed by atoms with Gasteiger partial charge in [-0.05, 0) is 36.2 Å². The molecule has 0 aliphatic carbocycles. The van der Waals surface area contributed by atoms with Gasteiger partial charge in [-0.25, -0.2) is 0 Å². The molecule has 3 aromatic carbocycles. The van der Waals surface area contributed by atoms with Gasteiger partial charge in [0, 0.05) is 38.1 Å². The van der Waals surface area contributed by atoms with E-state index < -0.39 is 8.07 Å². The Balaban J connectivity index is 0.000000449. The number of pyridine rings is 1. The first-order chi connectivity index (χ1) is 15.6. The second-order valence-electron chi connectivity index (χ2n) is 9.00. The molecule has 175 valence electrons. The molecule has 0 fully saturated rings. The summed E-state index contributed by atoms with van der Waals surface area (Å²) in [5.74, 6) is -0.0625. The monoisotopic (exact) mass is 644 g/mol. The van der Waals surface area contributed by atoms with Gasteiger partial charge in [-0.1, -0.05) is 72.2 Å². The summed E-state index contributed by atoms with van der Waals surface area (Å²) in [6.45, 7) is 9.91. The van der Waals surface area contributed by atoms with Crippen molar-refractivity contribution in [3.05, 3.63) is 84.3 Å². The minimum absolute atomic E-state index is 0. The molecule has 4 rings (SSSR count). The predicted octanol–water partition coefficient (Wildman–Crippen LogP) is 6.31. The van der Waals surface area contributed by atoms with Gasteiger partial charge in [0.2, 0.25) is 0 Å². The zero-order valence-electron chi connectivity index (χ0n) is 19.9. The minimum atomic E-state index is -1.37. The normalized spacial score (nSPS) is 11.2. The third kappa shape index (κ3) is 6.48. The standard InChI is InChI=1S/C23H19N2Si.C5H8O2.Ir/c1-26(2,3)20-8-9-22-17(14-20)10-11-25-23(22)18-12-16-6-4-5-7-21(16)19(13-18)15-24;1-4(6)3-5(2)7;/h4-11,13-14H,1-3H3;3,6H,1-2H3;/q-1;;/b;4-3-;. The smallest absolute Gasteiger partial charge is 0.155 e. The molecule has 1 radical (unpaired) electrons. The number of hydrogen-bond acceptors (Lipinski definition) is 4. The molecule has 34 heavy (non-hydrogen) atoms. The molecule has 1 N–H and O–H groups in total. The number of carbonyl (C=O) groups excluding carboxylic acids is 1. The van der Waals surface area contributed by atoms with Crippen LogP contribution in [0.1, 0.15) is 19.4 Å². The Morgan fingerprint density at radius 1 is 1.06 bits per heavy atom. The van der Waals surface area contributed by atoms with Crippen LogP contribution in [0.4, 0.5) is 0 Å². The molecule has 4 aromatic rings. The number of allylic oxidation sites excluding steroid dienone is 2. The van der Waals surface area contributed by atoms with Gasteiger partial charge in [-0.15, -0.1) is 23.6 Å². The third-order valence-corrected chi connectivity index (χ3v) is 7.24. The van der Waals surface area contributed by atoms with Crippen LogP contribution < -0.4 is 5.19 Å². The van der Waals surface area contributed by atoms with Crippen molar-refractivity contribution in [3.63, 3.8) is 0 Å². The van der Waals surface area contributed by atoms with E-state index in [2.05, 4.69) is 61.0 Å². The summed E-state index contributed by atoms with van der Waals surface area (Å²) in [5, 5.41) is 23.5. The molecule has 0 saturated carbocycles. The van der Waals surface area contributed by atoms with Crippen LogP contribution in [-0.4, -0.2) is 23.9 Å². The SMILES string of the molecule is CC(=O)/C=C(/C)O.C[Si](C)(C)c1ccc2c(-c3[c-]c4ccccc4c(C#N)c3)nccc2c1.[Ir]. The maximum atomic E-state index is 10.0.